The monoisotopic (exact) mass is 431 g/mol. The number of piperidine rings is 1. The van der Waals surface area contributed by atoms with Gasteiger partial charge in [-0.25, -0.2) is 0 Å². The highest BCUT2D eigenvalue weighted by atomic mass is 127. The molecule has 0 aliphatic carbocycles. The van der Waals surface area contributed by atoms with Gasteiger partial charge < -0.3 is 9.64 Å². The number of hydrogen-bond donors (Lipinski definition) is 0. The number of hydrogen-bond acceptors (Lipinski definition) is 3. The van der Waals surface area contributed by atoms with Crippen LogP contribution in [0.4, 0.5) is 0 Å². The molecule has 3 nitrogen and oxygen atoms in total. The van der Waals surface area contributed by atoms with Crippen molar-refractivity contribution in [3.05, 3.63) is 29.8 Å². The van der Waals surface area contributed by atoms with Crippen LogP contribution < -0.4 is 4.74 Å². The Hall–Kier alpha value is -0.620. The molecule has 0 unspecified atom stereocenters. The molecule has 0 N–H and O–H groups in total. The molecule has 1 heterocycles. The van der Waals surface area contributed by atoms with Crippen molar-refractivity contribution in [2.45, 2.75) is 51.9 Å². The first-order chi connectivity index (χ1) is 10.8. The Balaban J connectivity index is 0.00000264. The first kappa shape index (κ1) is 20.4. The van der Waals surface area contributed by atoms with Crippen LogP contribution in [0.2, 0.25) is 0 Å². The third-order valence-corrected chi connectivity index (χ3v) is 4.27. The number of carbonyl (C=O) groups excluding carboxylic acids is 1. The molecule has 0 aromatic heterocycles. The number of nitrogens with zero attached hydrogens (tertiary/aromatic N) is 1. The average molecular weight is 431 g/mol. The van der Waals surface area contributed by atoms with Crippen LogP contribution in [0.3, 0.4) is 0 Å². The highest BCUT2D eigenvalue weighted by molar-refractivity contribution is 14.0. The number of likely N-dealkylation sites (tertiary alicyclic amines) is 1. The van der Waals surface area contributed by atoms with Gasteiger partial charge in [-0.1, -0.05) is 19.8 Å². The lowest BCUT2D eigenvalue weighted by Crippen LogP contribution is -2.30. The standard InChI is InChI=1S/C19H29NO2.HI/c1-2-3-16-22-18-11-9-17(10-12-18)19(21)8-7-15-20-13-5-4-6-14-20;/h9-12H,2-8,13-16H2,1H3;1H. The molecule has 0 bridgehead atoms. The molecule has 1 aliphatic heterocycles. The van der Waals surface area contributed by atoms with E-state index in [9.17, 15) is 4.79 Å². The number of rotatable bonds is 9. The maximum Gasteiger partial charge on any atom is 0.162 e. The summed E-state index contributed by atoms with van der Waals surface area (Å²) in [5.74, 6) is 1.11. The van der Waals surface area contributed by atoms with Gasteiger partial charge in [0, 0.05) is 12.0 Å². The van der Waals surface area contributed by atoms with E-state index in [0.29, 0.717) is 6.42 Å². The zero-order valence-electron chi connectivity index (χ0n) is 14.3. The fourth-order valence-corrected chi connectivity index (χ4v) is 2.86. The normalized spacial score (nSPS) is 15.0. The van der Waals surface area contributed by atoms with Crippen molar-refractivity contribution < 1.29 is 9.53 Å². The summed E-state index contributed by atoms with van der Waals surface area (Å²) in [4.78, 5) is 14.7. The largest absolute Gasteiger partial charge is 0.494 e. The lowest BCUT2D eigenvalue weighted by molar-refractivity contribution is 0.0973. The SMILES string of the molecule is CCCCOc1ccc(C(=O)CCCN2CCCCC2)cc1.I. The van der Waals surface area contributed by atoms with Crippen LogP contribution in [-0.4, -0.2) is 36.9 Å². The minimum Gasteiger partial charge on any atom is -0.494 e. The molecule has 1 aromatic rings. The van der Waals surface area contributed by atoms with Crippen LogP contribution in [0, 0.1) is 0 Å². The summed E-state index contributed by atoms with van der Waals surface area (Å²) in [5.41, 5.74) is 0.807. The third kappa shape index (κ3) is 7.66. The fourth-order valence-electron chi connectivity index (χ4n) is 2.86. The molecule has 2 rings (SSSR count). The van der Waals surface area contributed by atoms with Crippen molar-refractivity contribution in [1.82, 2.24) is 4.90 Å². The molecule has 23 heavy (non-hydrogen) atoms. The summed E-state index contributed by atoms with van der Waals surface area (Å²) >= 11 is 0. The lowest BCUT2D eigenvalue weighted by atomic mass is 10.1. The zero-order chi connectivity index (χ0) is 15.6. The van der Waals surface area contributed by atoms with Gasteiger partial charge in [-0.2, -0.15) is 0 Å². The van der Waals surface area contributed by atoms with Crippen LogP contribution in [0.5, 0.6) is 5.75 Å². The summed E-state index contributed by atoms with van der Waals surface area (Å²) in [6.45, 7) is 6.37. The Bertz CT molecular complexity index is 441. The number of halogens is 1. The second kappa shape index (κ2) is 11.8. The van der Waals surface area contributed by atoms with E-state index in [1.807, 2.05) is 24.3 Å². The Morgan fingerprint density at radius 1 is 1.09 bits per heavy atom. The van der Waals surface area contributed by atoms with Gasteiger partial charge in [0.2, 0.25) is 0 Å². The minimum absolute atomic E-state index is 0. The van der Waals surface area contributed by atoms with Gasteiger partial charge in [0.15, 0.2) is 5.78 Å². The predicted octanol–water partition coefficient (Wildman–Crippen LogP) is 4.93. The molecular formula is C19H30INO2. The molecule has 1 saturated heterocycles. The van der Waals surface area contributed by atoms with E-state index in [1.54, 1.807) is 0 Å². The van der Waals surface area contributed by atoms with E-state index < -0.39 is 0 Å². The molecular weight excluding hydrogens is 401 g/mol. The van der Waals surface area contributed by atoms with Crippen molar-refractivity contribution in [2.75, 3.05) is 26.2 Å². The smallest absolute Gasteiger partial charge is 0.162 e. The van der Waals surface area contributed by atoms with Crippen LogP contribution in [0.25, 0.3) is 0 Å². The maximum absolute atomic E-state index is 12.2. The molecule has 0 radical (unpaired) electrons. The summed E-state index contributed by atoms with van der Waals surface area (Å²) < 4.78 is 5.62. The van der Waals surface area contributed by atoms with Crippen molar-refractivity contribution in [3.63, 3.8) is 0 Å². The van der Waals surface area contributed by atoms with Gasteiger partial charge in [0.05, 0.1) is 6.61 Å². The van der Waals surface area contributed by atoms with Gasteiger partial charge in [0.25, 0.3) is 0 Å². The molecule has 0 amide bonds. The topological polar surface area (TPSA) is 29.5 Å². The molecule has 1 fully saturated rings. The number of benzene rings is 1. The average Bonchev–Trinajstić information content (AvgIpc) is 2.56. The summed E-state index contributed by atoms with van der Waals surface area (Å²) in [6, 6.07) is 7.61. The quantitative estimate of drug-likeness (QED) is 0.316. The van der Waals surface area contributed by atoms with Crippen molar-refractivity contribution in [3.8, 4) is 5.75 Å². The maximum atomic E-state index is 12.2. The number of carbonyl (C=O) groups is 1. The van der Waals surface area contributed by atoms with Gasteiger partial charge in [-0.15, -0.1) is 24.0 Å². The number of ketones is 1. The van der Waals surface area contributed by atoms with E-state index >= 15 is 0 Å². The van der Waals surface area contributed by atoms with Gasteiger partial charge in [-0.3, -0.25) is 4.79 Å². The Morgan fingerprint density at radius 2 is 1.78 bits per heavy atom. The fraction of sp³-hybridized carbons (Fsp3) is 0.632. The summed E-state index contributed by atoms with van der Waals surface area (Å²) in [6.07, 6.45) is 7.80. The molecule has 0 atom stereocenters. The van der Waals surface area contributed by atoms with Crippen molar-refractivity contribution >= 4 is 29.8 Å². The highest BCUT2D eigenvalue weighted by Gasteiger charge is 2.11. The Morgan fingerprint density at radius 3 is 2.43 bits per heavy atom. The van der Waals surface area contributed by atoms with Gasteiger partial charge in [-0.05, 0) is 69.6 Å². The van der Waals surface area contributed by atoms with Crippen LogP contribution >= 0.6 is 24.0 Å². The predicted molar refractivity (Wildman–Crippen MR) is 106 cm³/mol. The van der Waals surface area contributed by atoms with Crippen LogP contribution in [0.15, 0.2) is 24.3 Å². The third-order valence-electron chi connectivity index (χ3n) is 4.27. The van der Waals surface area contributed by atoms with Crippen LogP contribution in [0.1, 0.15) is 62.2 Å². The van der Waals surface area contributed by atoms with Gasteiger partial charge >= 0.3 is 0 Å². The molecule has 4 heteroatoms. The lowest BCUT2D eigenvalue weighted by Gasteiger charge is -2.26. The number of ether oxygens (including phenoxy) is 1. The first-order valence-corrected chi connectivity index (χ1v) is 8.78. The number of unbranched alkanes of at least 4 members (excludes halogenated alkanes) is 1. The van der Waals surface area contributed by atoms with Crippen molar-refractivity contribution in [2.24, 2.45) is 0 Å². The molecule has 1 aromatic carbocycles. The van der Waals surface area contributed by atoms with E-state index in [0.717, 1.165) is 43.7 Å². The second-order valence-corrected chi connectivity index (χ2v) is 6.16. The Labute approximate surface area is 157 Å². The summed E-state index contributed by atoms with van der Waals surface area (Å²) in [7, 11) is 0. The summed E-state index contributed by atoms with van der Waals surface area (Å²) in [5, 5.41) is 0. The van der Waals surface area contributed by atoms with Gasteiger partial charge in [0.1, 0.15) is 5.75 Å². The van der Waals surface area contributed by atoms with E-state index in [1.165, 1.54) is 32.4 Å². The van der Waals surface area contributed by atoms with E-state index in [4.69, 9.17) is 4.74 Å². The van der Waals surface area contributed by atoms with Crippen LogP contribution in [-0.2, 0) is 0 Å². The molecule has 130 valence electrons. The molecule has 0 saturated carbocycles. The van der Waals surface area contributed by atoms with Crippen molar-refractivity contribution in [1.29, 1.82) is 0 Å². The van der Waals surface area contributed by atoms with E-state index in [-0.39, 0.29) is 29.8 Å². The zero-order valence-corrected chi connectivity index (χ0v) is 16.6. The Kier molecular flexibility index (Phi) is 10.5. The highest BCUT2D eigenvalue weighted by Crippen LogP contribution is 2.15. The molecule has 1 aliphatic rings. The minimum atomic E-state index is 0. The molecule has 0 spiro atoms. The first-order valence-electron chi connectivity index (χ1n) is 8.78. The second-order valence-electron chi connectivity index (χ2n) is 6.16. The number of Topliss-reactive ketones (excluding diaryl/α,β-unsaturated/α-hetero) is 1. The van der Waals surface area contributed by atoms with E-state index in [2.05, 4.69) is 11.8 Å².